The van der Waals surface area contributed by atoms with Crippen LogP contribution in [-0.4, -0.2) is 26.2 Å². The number of hydrogen-bond acceptors (Lipinski definition) is 4. The van der Waals surface area contributed by atoms with E-state index in [1.165, 1.54) is 0 Å². The molecule has 3 N–H and O–H groups in total. The number of amides is 1. The summed E-state index contributed by atoms with van der Waals surface area (Å²) < 4.78 is 10.4. The van der Waals surface area contributed by atoms with Gasteiger partial charge in [-0.15, -0.1) is 0 Å². The lowest BCUT2D eigenvalue weighted by Crippen LogP contribution is -2.19. The Bertz CT molecular complexity index is 394. The molecule has 1 amide bonds. The highest BCUT2D eigenvalue weighted by molar-refractivity contribution is 5.93. The summed E-state index contributed by atoms with van der Waals surface area (Å²) in [6.45, 7) is 2.71. The molecule has 0 spiro atoms. The van der Waals surface area contributed by atoms with Crippen LogP contribution in [0.15, 0.2) is 18.2 Å². The van der Waals surface area contributed by atoms with Crippen LogP contribution in [-0.2, 0) is 9.53 Å². The zero-order chi connectivity index (χ0) is 13.4. The molecule has 0 atom stereocenters. The van der Waals surface area contributed by atoms with Gasteiger partial charge in [0.15, 0.2) is 0 Å². The molecule has 0 aliphatic carbocycles. The molecular formula is C13H20N2O3. The summed E-state index contributed by atoms with van der Waals surface area (Å²) in [7, 11) is 1.54. The molecule has 1 aromatic carbocycles. The van der Waals surface area contributed by atoms with Gasteiger partial charge in [-0.05, 0) is 24.6 Å². The van der Waals surface area contributed by atoms with E-state index < -0.39 is 0 Å². The third kappa shape index (κ3) is 4.63. The molecule has 0 saturated heterocycles. The third-order valence-electron chi connectivity index (χ3n) is 2.37. The first-order chi connectivity index (χ1) is 8.67. The summed E-state index contributed by atoms with van der Waals surface area (Å²) in [5.74, 6) is 0.362. The highest BCUT2D eigenvalue weighted by Crippen LogP contribution is 2.26. The summed E-state index contributed by atoms with van der Waals surface area (Å²) in [5, 5.41) is 2.71. The Morgan fingerprint density at radius 3 is 2.89 bits per heavy atom. The predicted molar refractivity (Wildman–Crippen MR) is 71.8 cm³/mol. The SMILES string of the molecule is CCCCOCC(=O)Nc1cc(N)ccc1OC. The highest BCUT2D eigenvalue weighted by atomic mass is 16.5. The molecule has 0 fully saturated rings. The van der Waals surface area contributed by atoms with Crippen molar-refractivity contribution in [2.24, 2.45) is 0 Å². The summed E-state index contributed by atoms with van der Waals surface area (Å²) in [6.07, 6.45) is 2.00. The number of anilines is 2. The molecule has 18 heavy (non-hydrogen) atoms. The van der Waals surface area contributed by atoms with Crippen LogP contribution in [0.2, 0.25) is 0 Å². The minimum absolute atomic E-state index is 0.0396. The molecule has 100 valence electrons. The summed E-state index contributed by atoms with van der Waals surface area (Å²) in [6, 6.07) is 5.08. The van der Waals surface area contributed by atoms with Gasteiger partial charge in [0.2, 0.25) is 5.91 Å². The molecule has 0 bridgehead atoms. The second kappa shape index (κ2) is 7.55. The molecule has 0 aliphatic rings. The second-order valence-corrected chi connectivity index (χ2v) is 3.91. The Hall–Kier alpha value is -1.75. The first-order valence-corrected chi connectivity index (χ1v) is 5.98. The molecule has 0 saturated carbocycles. The van der Waals surface area contributed by atoms with Crippen molar-refractivity contribution in [2.45, 2.75) is 19.8 Å². The van der Waals surface area contributed by atoms with E-state index in [1.807, 2.05) is 0 Å². The van der Waals surface area contributed by atoms with Gasteiger partial charge in [0.25, 0.3) is 0 Å². The number of nitrogens with one attached hydrogen (secondary N) is 1. The first kappa shape index (κ1) is 14.3. The molecular weight excluding hydrogens is 232 g/mol. The zero-order valence-corrected chi connectivity index (χ0v) is 10.9. The van der Waals surface area contributed by atoms with E-state index in [9.17, 15) is 4.79 Å². The molecule has 0 unspecified atom stereocenters. The van der Waals surface area contributed by atoms with Crippen LogP contribution >= 0.6 is 0 Å². The lowest BCUT2D eigenvalue weighted by atomic mass is 10.2. The molecule has 0 heterocycles. The maximum atomic E-state index is 11.6. The maximum Gasteiger partial charge on any atom is 0.250 e. The quantitative estimate of drug-likeness (QED) is 0.575. The van der Waals surface area contributed by atoms with Gasteiger partial charge < -0.3 is 20.5 Å². The van der Waals surface area contributed by atoms with Gasteiger partial charge in [-0.25, -0.2) is 0 Å². The molecule has 0 radical (unpaired) electrons. The Labute approximate surface area is 107 Å². The van der Waals surface area contributed by atoms with Crippen LogP contribution in [0.3, 0.4) is 0 Å². The minimum atomic E-state index is -0.213. The second-order valence-electron chi connectivity index (χ2n) is 3.91. The van der Waals surface area contributed by atoms with Crippen molar-refractivity contribution in [2.75, 3.05) is 31.4 Å². The fourth-order valence-corrected chi connectivity index (χ4v) is 1.42. The number of nitrogen functional groups attached to an aromatic ring is 1. The average Bonchev–Trinajstić information content (AvgIpc) is 2.35. The van der Waals surface area contributed by atoms with Crippen molar-refractivity contribution in [3.05, 3.63) is 18.2 Å². The topological polar surface area (TPSA) is 73.6 Å². The minimum Gasteiger partial charge on any atom is -0.495 e. The average molecular weight is 252 g/mol. The number of carbonyl (C=O) groups is 1. The number of hydrogen-bond donors (Lipinski definition) is 2. The van der Waals surface area contributed by atoms with E-state index in [0.717, 1.165) is 12.8 Å². The van der Waals surface area contributed by atoms with Crippen LogP contribution in [0, 0.1) is 0 Å². The number of rotatable bonds is 7. The Kier molecular flexibility index (Phi) is 6.00. The molecule has 1 rings (SSSR count). The molecule has 5 nitrogen and oxygen atoms in total. The van der Waals surface area contributed by atoms with Crippen molar-refractivity contribution in [3.63, 3.8) is 0 Å². The molecule has 5 heteroatoms. The van der Waals surface area contributed by atoms with Gasteiger partial charge >= 0.3 is 0 Å². The zero-order valence-electron chi connectivity index (χ0n) is 10.9. The number of carbonyl (C=O) groups excluding carboxylic acids is 1. The number of methoxy groups -OCH3 is 1. The van der Waals surface area contributed by atoms with Crippen molar-refractivity contribution < 1.29 is 14.3 Å². The molecule has 0 aliphatic heterocycles. The van der Waals surface area contributed by atoms with Crippen LogP contribution in [0.1, 0.15) is 19.8 Å². The number of nitrogens with two attached hydrogens (primary N) is 1. The maximum absolute atomic E-state index is 11.6. The van der Waals surface area contributed by atoms with Crippen molar-refractivity contribution in [1.29, 1.82) is 0 Å². The predicted octanol–water partition coefficient (Wildman–Crippen LogP) is 2.03. The van der Waals surface area contributed by atoms with Gasteiger partial charge in [-0.1, -0.05) is 13.3 Å². The van der Waals surface area contributed by atoms with Gasteiger partial charge in [0, 0.05) is 12.3 Å². The lowest BCUT2D eigenvalue weighted by Gasteiger charge is -2.11. The Morgan fingerprint density at radius 1 is 1.44 bits per heavy atom. The first-order valence-electron chi connectivity index (χ1n) is 5.98. The van der Waals surface area contributed by atoms with E-state index in [4.69, 9.17) is 15.2 Å². The monoisotopic (exact) mass is 252 g/mol. The Balaban J connectivity index is 2.50. The summed E-state index contributed by atoms with van der Waals surface area (Å²) in [5.41, 5.74) is 6.78. The normalized spacial score (nSPS) is 10.1. The van der Waals surface area contributed by atoms with Crippen LogP contribution in [0.5, 0.6) is 5.75 Å². The summed E-state index contributed by atoms with van der Waals surface area (Å²) in [4.78, 5) is 11.6. The fraction of sp³-hybridized carbons (Fsp3) is 0.462. The fourth-order valence-electron chi connectivity index (χ4n) is 1.42. The van der Waals surface area contributed by atoms with Crippen LogP contribution in [0.4, 0.5) is 11.4 Å². The van der Waals surface area contributed by atoms with E-state index >= 15 is 0 Å². The van der Waals surface area contributed by atoms with Gasteiger partial charge in [-0.3, -0.25) is 4.79 Å². The van der Waals surface area contributed by atoms with Gasteiger partial charge in [0.05, 0.1) is 12.8 Å². The van der Waals surface area contributed by atoms with Crippen molar-refractivity contribution in [3.8, 4) is 5.75 Å². The highest BCUT2D eigenvalue weighted by Gasteiger charge is 2.07. The Morgan fingerprint density at radius 2 is 2.22 bits per heavy atom. The number of benzene rings is 1. The summed E-state index contributed by atoms with van der Waals surface area (Å²) >= 11 is 0. The molecule has 1 aromatic rings. The third-order valence-corrected chi connectivity index (χ3v) is 2.37. The van der Waals surface area contributed by atoms with Crippen LogP contribution < -0.4 is 15.8 Å². The lowest BCUT2D eigenvalue weighted by molar-refractivity contribution is -0.120. The largest absolute Gasteiger partial charge is 0.495 e. The van der Waals surface area contributed by atoms with E-state index in [1.54, 1.807) is 25.3 Å². The van der Waals surface area contributed by atoms with E-state index in [0.29, 0.717) is 23.7 Å². The van der Waals surface area contributed by atoms with E-state index in [-0.39, 0.29) is 12.5 Å². The number of unbranched alkanes of at least 4 members (excludes halogenated alkanes) is 1. The van der Waals surface area contributed by atoms with Crippen molar-refractivity contribution in [1.82, 2.24) is 0 Å². The van der Waals surface area contributed by atoms with Gasteiger partial charge in [0.1, 0.15) is 12.4 Å². The van der Waals surface area contributed by atoms with Crippen molar-refractivity contribution >= 4 is 17.3 Å². The standard InChI is InChI=1S/C13H20N2O3/c1-3-4-7-18-9-13(16)15-11-8-10(14)5-6-12(11)17-2/h5-6,8H,3-4,7,9,14H2,1-2H3,(H,15,16). The molecule has 0 aromatic heterocycles. The van der Waals surface area contributed by atoms with Crippen LogP contribution in [0.25, 0.3) is 0 Å². The van der Waals surface area contributed by atoms with Gasteiger partial charge in [-0.2, -0.15) is 0 Å². The smallest absolute Gasteiger partial charge is 0.250 e. The number of ether oxygens (including phenoxy) is 2. The van der Waals surface area contributed by atoms with E-state index in [2.05, 4.69) is 12.2 Å².